The largest absolute Gasteiger partial charge is 0.481 e. The highest BCUT2D eigenvalue weighted by molar-refractivity contribution is 7.91. The van der Waals surface area contributed by atoms with Crippen molar-refractivity contribution >= 4 is 31.8 Å². The lowest BCUT2D eigenvalue weighted by molar-refractivity contribution is -0.250. The second-order valence-electron chi connectivity index (χ2n) is 25.1. The van der Waals surface area contributed by atoms with Gasteiger partial charge in [0.1, 0.15) is 6.10 Å². The fourth-order valence-electron chi connectivity index (χ4n) is 16.9. The molecule has 3 N–H and O–H groups in total. The molecule has 8 fully saturated rings. The number of hydrogen-bond acceptors (Lipinski definition) is 9. The summed E-state index contributed by atoms with van der Waals surface area (Å²) in [6, 6.07) is -0.541. The van der Waals surface area contributed by atoms with Gasteiger partial charge in [-0.1, -0.05) is 55.4 Å². The number of carboxylic acid groups (broad SMARTS) is 1. The highest BCUT2D eigenvalue weighted by Crippen LogP contribution is 2.78. The summed E-state index contributed by atoms with van der Waals surface area (Å²) in [6.07, 6.45) is 14.0. The molecule has 11 nitrogen and oxygen atoms in total. The van der Waals surface area contributed by atoms with Crippen molar-refractivity contribution in [2.75, 3.05) is 31.1 Å². The maximum atomic E-state index is 13.7. The topological polar surface area (TPSA) is 159 Å². The van der Waals surface area contributed by atoms with Crippen LogP contribution in [0, 0.1) is 73.9 Å². The summed E-state index contributed by atoms with van der Waals surface area (Å²) in [6.45, 7) is 25.8. The molecule has 0 aromatic carbocycles. The standard InChI is InChI=1S/C49H83N3O8S2/c1-30(2)62(58,59)51-31(3)36(52-24-26-61(56,57)27-25-52)29-50-49-19-14-32(45(8)20-21-45)40(49)33-12-13-38-46(9)17-16-39(60-42(55)35-28-34(41(53)54)43(35,4)5)44(6,7)37(46)15-18-48(38,11)47(33,10)22-23-49/h30-40,50-51H,12-29H2,1-11H3,(H,53,54)/t31?,32-,33-,34+,35-,36?,37+,38-,39+,40-,46+,47-,48-,49+/m1/s1. The maximum absolute atomic E-state index is 13.7. The number of rotatable bonds is 12. The van der Waals surface area contributed by atoms with Gasteiger partial charge >= 0.3 is 11.9 Å². The van der Waals surface area contributed by atoms with E-state index in [0.717, 1.165) is 32.1 Å². The van der Waals surface area contributed by atoms with Crippen LogP contribution in [0.25, 0.3) is 0 Å². The minimum Gasteiger partial charge on any atom is -0.481 e. The van der Waals surface area contributed by atoms with Crippen molar-refractivity contribution in [3.8, 4) is 0 Å². The lowest BCUT2D eigenvalue weighted by Gasteiger charge is -2.73. The van der Waals surface area contributed by atoms with E-state index >= 15 is 0 Å². The van der Waals surface area contributed by atoms with Crippen LogP contribution in [0.5, 0.6) is 0 Å². The highest BCUT2D eigenvalue weighted by atomic mass is 32.2. The Hall–Kier alpha value is -1.28. The fraction of sp³-hybridized carbons (Fsp3) is 0.959. The molecule has 8 aliphatic rings. The van der Waals surface area contributed by atoms with Crippen LogP contribution in [0.2, 0.25) is 0 Å². The quantitative estimate of drug-likeness (QED) is 0.166. The number of aliphatic carboxylic acids is 1. The van der Waals surface area contributed by atoms with E-state index in [-0.39, 0.29) is 68.8 Å². The van der Waals surface area contributed by atoms with Crippen LogP contribution in [-0.4, -0.2) is 98.9 Å². The normalized spacial score (nSPS) is 45.0. The van der Waals surface area contributed by atoms with Gasteiger partial charge in [-0.3, -0.25) is 14.5 Å². The summed E-state index contributed by atoms with van der Waals surface area (Å²) >= 11 is 0. The first kappa shape index (κ1) is 47.2. The van der Waals surface area contributed by atoms with E-state index in [2.05, 4.69) is 56.5 Å². The lowest BCUT2D eigenvalue weighted by Crippen LogP contribution is -2.70. The molecule has 1 aliphatic heterocycles. The summed E-state index contributed by atoms with van der Waals surface area (Å²) in [5, 5.41) is 13.5. The summed E-state index contributed by atoms with van der Waals surface area (Å²) < 4.78 is 61.1. The van der Waals surface area contributed by atoms with Gasteiger partial charge in [0, 0.05) is 42.7 Å². The number of ether oxygens (including phenoxy) is 1. The molecular weight excluding hydrogens is 823 g/mol. The zero-order chi connectivity index (χ0) is 45.4. The Bertz CT molecular complexity index is 1990. The second kappa shape index (κ2) is 15.4. The SMILES string of the molecule is CC(NS(=O)(=O)C(C)C)C(CN[C@]12CC[C@@H](C3(C)CC3)[C@@H]1[C@H]1CC[C@@H]3[C@@]4(C)CC[C@H](OC(=O)[C@H]5C[C@@H](C(=O)O)C5(C)C)C(C)(C)[C@@H]4CC[C@@]3(C)[C@]1(C)CC2)N1CCS(=O)(=O)CC1. The molecule has 0 aromatic rings. The van der Waals surface area contributed by atoms with E-state index in [1.165, 1.54) is 44.9 Å². The molecule has 0 amide bonds. The second-order valence-corrected chi connectivity index (χ2v) is 29.6. The molecule has 13 heteroatoms. The molecule has 0 radical (unpaired) electrons. The Morgan fingerprint density at radius 2 is 1.42 bits per heavy atom. The van der Waals surface area contributed by atoms with E-state index in [0.29, 0.717) is 61.1 Å². The molecule has 0 aromatic heterocycles. The molecule has 0 spiro atoms. The van der Waals surface area contributed by atoms with Gasteiger partial charge in [-0.25, -0.2) is 21.6 Å². The summed E-state index contributed by atoms with van der Waals surface area (Å²) in [7, 11) is -6.63. The van der Waals surface area contributed by atoms with Crippen LogP contribution >= 0.6 is 0 Å². The van der Waals surface area contributed by atoms with Gasteiger partial charge in [0.25, 0.3) is 0 Å². The van der Waals surface area contributed by atoms with Crippen LogP contribution in [-0.2, 0) is 34.2 Å². The molecule has 14 atom stereocenters. The number of carboxylic acids is 1. The zero-order valence-electron chi connectivity index (χ0n) is 40.1. The predicted octanol–water partition coefficient (Wildman–Crippen LogP) is 7.68. The Kier molecular flexibility index (Phi) is 11.7. The van der Waals surface area contributed by atoms with Crippen molar-refractivity contribution in [3.63, 3.8) is 0 Å². The molecule has 7 saturated carbocycles. The third-order valence-corrected chi connectivity index (χ3v) is 25.0. The van der Waals surface area contributed by atoms with Gasteiger partial charge in [0.2, 0.25) is 10.0 Å². The molecular formula is C49H83N3O8S2. The number of esters is 1. The number of carbonyl (C=O) groups excluding carboxylic acids is 1. The summed E-state index contributed by atoms with van der Waals surface area (Å²) in [4.78, 5) is 27.8. The highest BCUT2D eigenvalue weighted by Gasteiger charge is 2.72. The van der Waals surface area contributed by atoms with Crippen molar-refractivity contribution in [2.24, 2.45) is 73.9 Å². The van der Waals surface area contributed by atoms with Crippen molar-refractivity contribution in [3.05, 3.63) is 0 Å². The van der Waals surface area contributed by atoms with Gasteiger partial charge < -0.3 is 15.2 Å². The molecule has 2 unspecified atom stereocenters. The van der Waals surface area contributed by atoms with E-state index in [9.17, 15) is 31.5 Å². The van der Waals surface area contributed by atoms with Gasteiger partial charge in [-0.15, -0.1) is 0 Å². The monoisotopic (exact) mass is 906 g/mol. The minimum absolute atomic E-state index is 0.0368. The van der Waals surface area contributed by atoms with Gasteiger partial charge in [-0.05, 0) is 161 Å². The number of carbonyl (C=O) groups is 2. The smallest absolute Gasteiger partial charge is 0.309 e. The minimum atomic E-state index is -3.53. The van der Waals surface area contributed by atoms with Gasteiger partial charge in [0.15, 0.2) is 9.84 Å². The molecule has 1 heterocycles. The van der Waals surface area contributed by atoms with Crippen LogP contribution in [0.15, 0.2) is 0 Å². The molecule has 62 heavy (non-hydrogen) atoms. The van der Waals surface area contributed by atoms with Crippen LogP contribution < -0.4 is 10.0 Å². The maximum Gasteiger partial charge on any atom is 0.309 e. The third kappa shape index (κ3) is 7.30. The first-order valence-corrected chi connectivity index (χ1v) is 28.1. The lowest BCUT2D eigenvalue weighted by atomic mass is 9.32. The third-order valence-electron chi connectivity index (χ3n) is 21.5. The molecule has 1 saturated heterocycles. The first-order valence-electron chi connectivity index (χ1n) is 24.7. The van der Waals surface area contributed by atoms with Crippen molar-refractivity contribution in [1.29, 1.82) is 0 Å². The first-order chi connectivity index (χ1) is 28.6. The molecule has 354 valence electrons. The molecule has 7 aliphatic carbocycles. The van der Waals surface area contributed by atoms with Crippen molar-refractivity contribution in [2.45, 2.75) is 189 Å². The average molecular weight is 906 g/mol. The van der Waals surface area contributed by atoms with Crippen molar-refractivity contribution in [1.82, 2.24) is 14.9 Å². The Morgan fingerprint density at radius 1 is 0.758 bits per heavy atom. The number of fused-ring (bicyclic) bond motifs is 7. The predicted molar refractivity (Wildman–Crippen MR) is 243 cm³/mol. The number of sulfonamides is 1. The fourth-order valence-corrected chi connectivity index (χ4v) is 19.0. The Balaban J connectivity index is 1.04. The van der Waals surface area contributed by atoms with E-state index < -0.39 is 42.4 Å². The van der Waals surface area contributed by atoms with E-state index in [1.807, 2.05) is 20.8 Å². The number of nitrogens with one attached hydrogen (secondary N) is 2. The van der Waals surface area contributed by atoms with Crippen LogP contribution in [0.3, 0.4) is 0 Å². The zero-order valence-corrected chi connectivity index (χ0v) is 41.8. The van der Waals surface area contributed by atoms with Crippen LogP contribution in [0.4, 0.5) is 0 Å². The van der Waals surface area contributed by atoms with Crippen molar-refractivity contribution < 1.29 is 36.3 Å². The Morgan fingerprint density at radius 3 is 2.02 bits per heavy atom. The van der Waals surface area contributed by atoms with E-state index in [4.69, 9.17) is 4.74 Å². The molecule has 0 bridgehead atoms. The summed E-state index contributed by atoms with van der Waals surface area (Å²) in [5.74, 6) is 1.05. The number of nitrogens with zero attached hydrogens (tertiary/aromatic N) is 1. The van der Waals surface area contributed by atoms with Gasteiger partial charge in [-0.2, -0.15) is 0 Å². The number of hydrogen-bond donors (Lipinski definition) is 3. The average Bonchev–Trinajstić information content (AvgIpc) is 3.79. The van der Waals surface area contributed by atoms with Gasteiger partial charge in [0.05, 0.1) is 28.6 Å². The summed E-state index contributed by atoms with van der Waals surface area (Å²) in [5.41, 5.74) is -0.0126. The van der Waals surface area contributed by atoms with Crippen LogP contribution in [0.1, 0.15) is 160 Å². The molecule has 8 rings (SSSR count). The Labute approximate surface area is 375 Å². The number of sulfone groups is 1. The van der Waals surface area contributed by atoms with E-state index in [1.54, 1.807) is 13.8 Å².